The lowest BCUT2D eigenvalue weighted by Gasteiger charge is -2.26. The Balaban J connectivity index is 1.09. The van der Waals surface area contributed by atoms with Crippen LogP contribution in [0.2, 0.25) is 0 Å². The molecule has 4 amide bonds. The van der Waals surface area contributed by atoms with E-state index >= 15 is 0 Å². The smallest absolute Gasteiger partial charge is 0.414 e. The summed E-state index contributed by atoms with van der Waals surface area (Å²) in [5.41, 5.74) is 5.41. The van der Waals surface area contributed by atoms with Gasteiger partial charge in [-0.05, 0) is 98.3 Å². The Labute approximate surface area is 396 Å². The third kappa shape index (κ3) is 12.3. The zero-order chi connectivity index (χ0) is 47.7. The molecule has 2 aromatic heterocycles. The number of carbonyl (C=O) groups excluding carboxylic acids is 5. The fourth-order valence-electron chi connectivity index (χ4n) is 7.21. The Bertz CT molecular complexity index is 2740. The van der Waals surface area contributed by atoms with Crippen molar-refractivity contribution in [1.82, 2.24) is 35.5 Å². The number of hydrogen-bond acceptors (Lipinski definition) is 14. The number of aromatic nitrogens is 6. The van der Waals surface area contributed by atoms with Crippen molar-refractivity contribution < 1.29 is 38.2 Å². The van der Waals surface area contributed by atoms with Crippen LogP contribution in [0.4, 0.5) is 21.0 Å². The van der Waals surface area contributed by atoms with Gasteiger partial charge in [0.2, 0.25) is 11.7 Å². The first-order valence-electron chi connectivity index (χ1n) is 21.6. The number of amides is 4. The van der Waals surface area contributed by atoms with Crippen molar-refractivity contribution in [2.45, 2.75) is 81.9 Å². The van der Waals surface area contributed by atoms with Crippen LogP contribution in [-0.4, -0.2) is 90.4 Å². The lowest BCUT2D eigenvalue weighted by Crippen LogP contribution is -2.34. The topological polar surface area (TPSA) is 213 Å². The van der Waals surface area contributed by atoms with Crippen LogP contribution in [0, 0.1) is 0 Å². The minimum absolute atomic E-state index is 0.185. The van der Waals surface area contributed by atoms with Crippen molar-refractivity contribution in [1.29, 1.82) is 0 Å². The quantitative estimate of drug-likeness (QED) is 0.0545. The van der Waals surface area contributed by atoms with E-state index in [0.29, 0.717) is 59.5 Å². The molecule has 67 heavy (non-hydrogen) atoms. The molecule has 0 bridgehead atoms. The number of imide groups is 1. The van der Waals surface area contributed by atoms with Crippen LogP contribution in [0.25, 0.3) is 22.5 Å². The van der Waals surface area contributed by atoms with E-state index in [-0.39, 0.29) is 24.4 Å². The number of thioether (sulfide) groups is 2. The maximum absolute atomic E-state index is 13.8. The highest BCUT2D eigenvalue weighted by molar-refractivity contribution is 8.15. The summed E-state index contributed by atoms with van der Waals surface area (Å²) in [6, 6.07) is 28.2. The second-order valence-corrected chi connectivity index (χ2v) is 18.7. The van der Waals surface area contributed by atoms with Crippen LogP contribution < -0.4 is 20.3 Å². The normalized spacial score (nSPS) is 13.6. The number of anilines is 2. The number of carbonyl (C=O) groups is 5. The maximum Gasteiger partial charge on any atom is 0.414 e. The summed E-state index contributed by atoms with van der Waals surface area (Å²) in [7, 11) is 1.56. The van der Waals surface area contributed by atoms with Crippen LogP contribution >= 0.6 is 23.5 Å². The molecule has 4 aromatic carbocycles. The number of benzene rings is 4. The molecule has 1 unspecified atom stereocenters. The fourth-order valence-corrected chi connectivity index (χ4v) is 8.93. The molecule has 3 heterocycles. The molecule has 0 spiro atoms. The Morgan fingerprint density at radius 3 is 2.33 bits per heavy atom. The van der Waals surface area contributed by atoms with Gasteiger partial charge in [-0.1, -0.05) is 79.3 Å². The second-order valence-electron chi connectivity index (χ2n) is 16.4. The van der Waals surface area contributed by atoms with Gasteiger partial charge in [-0.2, -0.15) is 5.21 Å². The van der Waals surface area contributed by atoms with Crippen LogP contribution in [0.15, 0.2) is 95.9 Å². The maximum atomic E-state index is 13.8. The predicted molar refractivity (Wildman–Crippen MR) is 256 cm³/mol. The standard InChI is InChI=1S/C48H51N9O8S2/c1-7-11-40-49-37(42(45(60)63-8-2)57(40)26-30-14-18-31(19-15-30)34-12-9-10-13-35(34)43-52-54-55-53-43)28-66-33-22-23-36(38(25-33)56(6)47(62)65-48(3,4)5)50-41(58)27-64-32-20-16-29(17-21-32)24-39-44(59)51-46(61)67-39/h9-10,12-23,25,39H,7-8,11,24,26-28H2,1-6H3,(H,50,58)(H,51,59,61)(H,52,53,54,55). The zero-order valence-corrected chi connectivity index (χ0v) is 39.6. The molecule has 3 N–H and O–H groups in total. The number of ether oxygens (including phenoxy) is 3. The van der Waals surface area contributed by atoms with Gasteiger partial charge in [0.1, 0.15) is 17.2 Å². The van der Waals surface area contributed by atoms with Gasteiger partial charge < -0.3 is 24.1 Å². The molecule has 1 aliphatic heterocycles. The van der Waals surface area contributed by atoms with Crippen molar-refractivity contribution in [3.05, 3.63) is 119 Å². The molecule has 1 saturated heterocycles. The number of nitrogens with zero attached hydrogens (tertiary/aromatic N) is 6. The lowest BCUT2D eigenvalue weighted by molar-refractivity contribution is -0.119. The van der Waals surface area contributed by atoms with Gasteiger partial charge in [0.05, 0.1) is 28.9 Å². The van der Waals surface area contributed by atoms with Gasteiger partial charge in [0, 0.05) is 36.2 Å². The van der Waals surface area contributed by atoms with Gasteiger partial charge in [-0.25, -0.2) is 14.6 Å². The summed E-state index contributed by atoms with van der Waals surface area (Å²) in [4.78, 5) is 71.1. The number of tetrazole rings is 1. The summed E-state index contributed by atoms with van der Waals surface area (Å²) in [6.45, 7) is 9.36. The van der Waals surface area contributed by atoms with Crippen LogP contribution in [0.1, 0.15) is 74.2 Å². The third-order valence-electron chi connectivity index (χ3n) is 10.3. The Morgan fingerprint density at radius 1 is 0.940 bits per heavy atom. The molecule has 1 aliphatic rings. The molecule has 348 valence electrons. The summed E-state index contributed by atoms with van der Waals surface area (Å²) < 4.78 is 19.0. The number of nitrogens with one attached hydrogen (secondary N) is 3. The van der Waals surface area contributed by atoms with Crippen molar-refractivity contribution in [2.24, 2.45) is 0 Å². The van der Waals surface area contributed by atoms with Gasteiger partial charge in [-0.3, -0.25) is 24.6 Å². The van der Waals surface area contributed by atoms with E-state index in [1.165, 1.54) is 16.7 Å². The molecule has 0 radical (unpaired) electrons. The molecule has 1 atom stereocenters. The number of H-pyrrole nitrogens is 1. The number of imidazole rings is 1. The van der Waals surface area contributed by atoms with E-state index < -0.39 is 28.8 Å². The van der Waals surface area contributed by atoms with E-state index in [1.54, 1.807) is 71.1 Å². The van der Waals surface area contributed by atoms with Crippen LogP contribution in [0.3, 0.4) is 0 Å². The van der Waals surface area contributed by atoms with Gasteiger partial charge in [-0.15, -0.1) is 22.0 Å². The Hall–Kier alpha value is -6.99. The van der Waals surface area contributed by atoms with E-state index in [1.807, 2.05) is 59.2 Å². The monoisotopic (exact) mass is 945 g/mol. The molecule has 17 nitrogen and oxygen atoms in total. The highest BCUT2D eigenvalue weighted by atomic mass is 32.2. The first-order chi connectivity index (χ1) is 32.2. The molecular weight excluding hydrogens is 895 g/mol. The summed E-state index contributed by atoms with van der Waals surface area (Å²) in [5.74, 6) is 0.708. The zero-order valence-electron chi connectivity index (χ0n) is 38.0. The van der Waals surface area contributed by atoms with E-state index in [9.17, 15) is 24.0 Å². The van der Waals surface area contributed by atoms with Gasteiger partial charge in [0.15, 0.2) is 12.3 Å². The van der Waals surface area contributed by atoms with Crippen LogP contribution in [-0.2, 0) is 44.2 Å². The SMILES string of the molecule is CCCc1nc(CSc2ccc(NC(=O)COc3ccc(CC4SC(=O)NC4=O)cc3)c(N(C)C(=O)OC(C)(C)C)c2)c(C(=O)OCC)n1Cc1ccc(-c2ccccc2-c2nn[nH]n2)cc1. The average Bonchev–Trinajstić information content (AvgIpc) is 4.04. The Kier molecular flexibility index (Phi) is 15.4. The third-order valence-corrected chi connectivity index (χ3v) is 12.3. The highest BCUT2D eigenvalue weighted by Gasteiger charge is 2.32. The van der Waals surface area contributed by atoms with Crippen molar-refractivity contribution in [3.8, 4) is 28.3 Å². The van der Waals surface area contributed by atoms with Crippen LogP contribution in [0.5, 0.6) is 5.75 Å². The highest BCUT2D eigenvalue weighted by Crippen LogP contribution is 2.35. The molecule has 19 heteroatoms. The molecular formula is C48H51N9O8S2. The lowest BCUT2D eigenvalue weighted by atomic mass is 9.98. The van der Waals surface area contributed by atoms with Crippen molar-refractivity contribution in [2.75, 3.05) is 30.5 Å². The minimum atomic E-state index is -0.785. The van der Waals surface area contributed by atoms with Crippen molar-refractivity contribution in [3.63, 3.8) is 0 Å². The predicted octanol–water partition coefficient (Wildman–Crippen LogP) is 8.48. The summed E-state index contributed by atoms with van der Waals surface area (Å²) >= 11 is 2.38. The van der Waals surface area contributed by atoms with Gasteiger partial charge in [0.25, 0.3) is 11.1 Å². The number of aryl methyl sites for hydroxylation is 1. The first kappa shape index (κ1) is 48.0. The van der Waals surface area contributed by atoms with Gasteiger partial charge >= 0.3 is 12.1 Å². The molecule has 7 rings (SSSR count). The summed E-state index contributed by atoms with van der Waals surface area (Å²) in [6.07, 6.45) is 1.17. The minimum Gasteiger partial charge on any atom is -0.484 e. The fraction of sp³-hybridized carbons (Fsp3) is 0.312. The second kappa shape index (κ2) is 21.5. The molecule has 1 fully saturated rings. The molecule has 6 aromatic rings. The average molecular weight is 946 g/mol. The van der Waals surface area contributed by atoms with E-state index in [2.05, 4.69) is 38.2 Å². The largest absolute Gasteiger partial charge is 0.484 e. The number of rotatable bonds is 18. The first-order valence-corrected chi connectivity index (χ1v) is 23.5. The van der Waals surface area contributed by atoms with E-state index in [0.717, 1.165) is 56.7 Å². The number of hydrogen-bond donors (Lipinski definition) is 3. The summed E-state index contributed by atoms with van der Waals surface area (Å²) in [5, 5.41) is 18.9. The number of aromatic amines is 1. The number of esters is 1. The molecule has 0 saturated carbocycles. The Morgan fingerprint density at radius 2 is 1.67 bits per heavy atom. The molecule has 0 aliphatic carbocycles. The van der Waals surface area contributed by atoms with E-state index in [4.69, 9.17) is 19.2 Å². The van der Waals surface area contributed by atoms with Crippen molar-refractivity contribution >= 4 is 64.0 Å².